The highest BCUT2D eigenvalue weighted by molar-refractivity contribution is 8.14. The van der Waals surface area contributed by atoms with Crippen molar-refractivity contribution in [2.75, 3.05) is 6.54 Å². The largest absolute Gasteiger partial charge is 0.361 e. The summed E-state index contributed by atoms with van der Waals surface area (Å²) < 4.78 is 5.02. The molecule has 0 spiro atoms. The van der Waals surface area contributed by atoms with Gasteiger partial charge in [-0.3, -0.25) is 4.99 Å². The molecule has 0 saturated carbocycles. The Morgan fingerprint density at radius 3 is 3.06 bits per heavy atom. The molecule has 5 heteroatoms. The van der Waals surface area contributed by atoms with E-state index in [4.69, 9.17) is 4.52 Å². The molecule has 17 heavy (non-hydrogen) atoms. The maximum Gasteiger partial charge on any atom is 0.157 e. The molecule has 0 saturated heterocycles. The maximum absolute atomic E-state index is 5.02. The summed E-state index contributed by atoms with van der Waals surface area (Å²) in [6.45, 7) is 8.03. The van der Waals surface area contributed by atoms with Gasteiger partial charge in [-0.1, -0.05) is 30.8 Å². The van der Waals surface area contributed by atoms with E-state index in [0.29, 0.717) is 11.8 Å². The van der Waals surface area contributed by atoms with Crippen molar-refractivity contribution in [3.05, 3.63) is 17.5 Å². The molecule has 2 heterocycles. The summed E-state index contributed by atoms with van der Waals surface area (Å²) in [5.41, 5.74) is 0.929. The number of nitrogens with one attached hydrogen (secondary N) is 1. The van der Waals surface area contributed by atoms with E-state index >= 15 is 0 Å². The van der Waals surface area contributed by atoms with Gasteiger partial charge < -0.3 is 9.84 Å². The minimum atomic E-state index is 0.636. The molecule has 1 aliphatic rings. The fraction of sp³-hybridized carbons (Fsp3) is 0.667. The lowest BCUT2D eigenvalue weighted by Crippen LogP contribution is -2.19. The number of nitrogens with zero attached hydrogens (tertiary/aromatic N) is 2. The molecular formula is C12H19N3OS. The van der Waals surface area contributed by atoms with Crippen LogP contribution in [0.25, 0.3) is 0 Å². The normalized spacial score (nSPS) is 19.8. The molecule has 4 nitrogen and oxygen atoms in total. The van der Waals surface area contributed by atoms with Crippen molar-refractivity contribution < 1.29 is 4.52 Å². The van der Waals surface area contributed by atoms with E-state index in [0.717, 1.165) is 29.1 Å². The predicted molar refractivity (Wildman–Crippen MR) is 71.2 cm³/mol. The first-order chi connectivity index (χ1) is 8.13. The van der Waals surface area contributed by atoms with Crippen molar-refractivity contribution in [1.82, 2.24) is 10.5 Å². The van der Waals surface area contributed by atoms with Crippen molar-refractivity contribution in [3.63, 3.8) is 0 Å². The first kappa shape index (κ1) is 12.5. The molecule has 0 bridgehead atoms. The van der Waals surface area contributed by atoms with E-state index < -0.39 is 0 Å². The van der Waals surface area contributed by atoms with Crippen molar-refractivity contribution >= 4 is 16.9 Å². The topological polar surface area (TPSA) is 50.4 Å². The monoisotopic (exact) mass is 253 g/mol. The second kappa shape index (κ2) is 5.58. The molecule has 2 rings (SSSR count). The lowest BCUT2D eigenvalue weighted by molar-refractivity contribution is 0.390. The van der Waals surface area contributed by atoms with Crippen LogP contribution in [0.5, 0.6) is 0 Å². The summed E-state index contributed by atoms with van der Waals surface area (Å²) in [5, 5.41) is 8.92. The lowest BCUT2D eigenvalue weighted by Gasteiger charge is -2.10. The van der Waals surface area contributed by atoms with Crippen molar-refractivity contribution in [1.29, 1.82) is 0 Å². The average molecular weight is 253 g/mol. The van der Waals surface area contributed by atoms with Gasteiger partial charge in [-0.2, -0.15) is 0 Å². The summed E-state index contributed by atoms with van der Waals surface area (Å²) in [5.74, 6) is 1.58. The van der Waals surface area contributed by atoms with Crippen LogP contribution in [0.2, 0.25) is 0 Å². The van der Waals surface area contributed by atoms with Crippen LogP contribution in [0.4, 0.5) is 0 Å². The van der Waals surface area contributed by atoms with E-state index in [2.05, 4.69) is 29.3 Å². The van der Waals surface area contributed by atoms with Crippen LogP contribution in [0.1, 0.15) is 31.7 Å². The summed E-state index contributed by atoms with van der Waals surface area (Å²) in [7, 11) is 0. The standard InChI is InChI=1S/C12H19N3OS/c1-8(2)4-11-7-14-12(17-11)13-6-10-5-9(3)16-15-10/h5,8,11H,4,6-7H2,1-3H3,(H,13,14). The van der Waals surface area contributed by atoms with Crippen LogP contribution in [-0.2, 0) is 6.54 Å². The van der Waals surface area contributed by atoms with Crippen LogP contribution >= 0.6 is 11.8 Å². The fourth-order valence-electron chi connectivity index (χ4n) is 1.83. The molecule has 0 radical (unpaired) electrons. The second-order valence-corrected chi connectivity index (χ2v) is 6.09. The van der Waals surface area contributed by atoms with Gasteiger partial charge in [0.05, 0.1) is 13.1 Å². The Bertz CT molecular complexity index is 400. The molecule has 1 unspecified atom stereocenters. The van der Waals surface area contributed by atoms with Crippen LogP contribution in [0.3, 0.4) is 0 Å². The van der Waals surface area contributed by atoms with Gasteiger partial charge in [-0.15, -0.1) is 0 Å². The Morgan fingerprint density at radius 2 is 2.41 bits per heavy atom. The zero-order chi connectivity index (χ0) is 12.3. The Hall–Kier alpha value is -0.970. The summed E-state index contributed by atoms with van der Waals surface area (Å²) >= 11 is 1.85. The van der Waals surface area contributed by atoms with Gasteiger partial charge in [0, 0.05) is 11.3 Å². The Labute approximate surface area is 106 Å². The van der Waals surface area contributed by atoms with Gasteiger partial charge in [0.1, 0.15) is 11.5 Å². The van der Waals surface area contributed by atoms with Crippen LogP contribution < -0.4 is 5.32 Å². The average Bonchev–Trinajstić information content (AvgIpc) is 2.84. The number of aliphatic imine (C=N–C) groups is 1. The zero-order valence-corrected chi connectivity index (χ0v) is 11.4. The van der Waals surface area contributed by atoms with E-state index in [-0.39, 0.29) is 0 Å². The molecule has 0 aliphatic carbocycles. The number of thioether (sulfide) groups is 1. The first-order valence-electron chi connectivity index (χ1n) is 6.00. The Kier molecular flexibility index (Phi) is 4.10. The maximum atomic E-state index is 5.02. The quantitative estimate of drug-likeness (QED) is 0.896. The number of rotatable bonds is 4. The van der Waals surface area contributed by atoms with Crippen LogP contribution in [0, 0.1) is 12.8 Å². The zero-order valence-electron chi connectivity index (χ0n) is 10.6. The van der Waals surface area contributed by atoms with Gasteiger partial charge in [0.15, 0.2) is 5.17 Å². The molecule has 1 aliphatic heterocycles. The van der Waals surface area contributed by atoms with Crippen molar-refractivity contribution in [2.45, 2.75) is 39.0 Å². The van der Waals surface area contributed by atoms with Gasteiger partial charge >= 0.3 is 0 Å². The minimum Gasteiger partial charge on any atom is -0.361 e. The molecule has 94 valence electrons. The van der Waals surface area contributed by atoms with Gasteiger partial charge in [0.2, 0.25) is 0 Å². The number of aromatic nitrogens is 1. The van der Waals surface area contributed by atoms with Crippen LogP contribution in [0.15, 0.2) is 15.6 Å². The first-order valence-corrected chi connectivity index (χ1v) is 6.88. The fourth-order valence-corrected chi connectivity index (χ4v) is 3.08. The SMILES string of the molecule is Cc1cc(CNC2=NCC(CC(C)C)S2)no1. The van der Waals surface area contributed by atoms with Crippen LogP contribution in [-0.4, -0.2) is 22.1 Å². The highest BCUT2D eigenvalue weighted by Gasteiger charge is 2.20. The Balaban J connectivity index is 1.74. The molecule has 1 N–H and O–H groups in total. The highest BCUT2D eigenvalue weighted by atomic mass is 32.2. The van der Waals surface area contributed by atoms with E-state index in [1.165, 1.54) is 6.42 Å². The number of hydrogen-bond acceptors (Lipinski definition) is 5. The summed E-state index contributed by atoms with van der Waals surface area (Å²) in [4.78, 5) is 4.50. The van der Waals surface area contributed by atoms with Gasteiger partial charge in [-0.05, 0) is 19.3 Å². The molecule has 1 aromatic heterocycles. The molecule has 0 fully saturated rings. The molecule has 0 amide bonds. The van der Waals surface area contributed by atoms with Crippen molar-refractivity contribution in [3.8, 4) is 0 Å². The highest BCUT2D eigenvalue weighted by Crippen LogP contribution is 2.25. The third-order valence-electron chi connectivity index (χ3n) is 2.55. The lowest BCUT2D eigenvalue weighted by atomic mass is 10.1. The van der Waals surface area contributed by atoms with E-state index in [1.807, 2.05) is 24.8 Å². The molecule has 1 aromatic rings. The number of hydrogen-bond donors (Lipinski definition) is 1. The molecule has 1 atom stereocenters. The van der Waals surface area contributed by atoms with E-state index in [1.54, 1.807) is 0 Å². The van der Waals surface area contributed by atoms with E-state index in [9.17, 15) is 0 Å². The van der Waals surface area contributed by atoms with Gasteiger partial charge in [-0.25, -0.2) is 0 Å². The predicted octanol–water partition coefficient (Wildman–Crippen LogP) is 2.59. The molecular weight excluding hydrogens is 234 g/mol. The second-order valence-electron chi connectivity index (χ2n) is 4.80. The van der Waals surface area contributed by atoms with Gasteiger partial charge in [0.25, 0.3) is 0 Å². The smallest absolute Gasteiger partial charge is 0.157 e. The Morgan fingerprint density at radius 1 is 1.59 bits per heavy atom. The summed E-state index contributed by atoms with van der Waals surface area (Å²) in [6, 6.07) is 1.94. The number of amidine groups is 1. The van der Waals surface area contributed by atoms with Crippen molar-refractivity contribution in [2.24, 2.45) is 10.9 Å². The minimum absolute atomic E-state index is 0.636. The summed E-state index contributed by atoms with van der Waals surface area (Å²) in [6.07, 6.45) is 1.22. The number of aryl methyl sites for hydroxylation is 1. The molecule has 0 aromatic carbocycles. The third-order valence-corrected chi connectivity index (χ3v) is 3.72. The third kappa shape index (κ3) is 3.77.